The van der Waals surface area contributed by atoms with Crippen molar-refractivity contribution in [1.82, 2.24) is 4.90 Å². The third-order valence-electron chi connectivity index (χ3n) is 4.54. The van der Waals surface area contributed by atoms with E-state index in [2.05, 4.69) is 24.4 Å². The molecule has 4 heteroatoms. The molecule has 1 heterocycles. The summed E-state index contributed by atoms with van der Waals surface area (Å²) in [7, 11) is 0. The zero-order valence-corrected chi connectivity index (χ0v) is 16.0. The van der Waals surface area contributed by atoms with Gasteiger partial charge in [-0.15, -0.1) is 0 Å². The van der Waals surface area contributed by atoms with Crippen LogP contribution >= 0.6 is 0 Å². The Morgan fingerprint density at radius 1 is 0.962 bits per heavy atom. The van der Waals surface area contributed by atoms with Gasteiger partial charge in [-0.2, -0.15) is 0 Å². The average Bonchev–Trinajstić information content (AvgIpc) is 3.21. The number of hydrogen-bond acceptors (Lipinski definition) is 3. The number of benzene rings is 1. The molecule has 4 nitrogen and oxygen atoms in total. The van der Waals surface area contributed by atoms with Crippen molar-refractivity contribution in [3.63, 3.8) is 0 Å². The first kappa shape index (κ1) is 20.1. The number of unbranched alkanes of at least 4 members (excludes halogenated alkanes) is 5. The second kappa shape index (κ2) is 12.2. The lowest BCUT2D eigenvalue weighted by Gasteiger charge is -2.22. The summed E-state index contributed by atoms with van der Waals surface area (Å²) in [5, 5.41) is 3.41. The van der Waals surface area contributed by atoms with E-state index in [1.165, 1.54) is 32.1 Å². The van der Waals surface area contributed by atoms with E-state index in [4.69, 9.17) is 4.42 Å². The molecule has 0 unspecified atom stereocenters. The first-order valence-corrected chi connectivity index (χ1v) is 9.91. The zero-order valence-electron chi connectivity index (χ0n) is 16.0. The van der Waals surface area contributed by atoms with Gasteiger partial charge >= 0.3 is 0 Å². The molecule has 1 N–H and O–H groups in total. The summed E-state index contributed by atoms with van der Waals surface area (Å²) >= 11 is 0. The molecule has 0 atom stereocenters. The van der Waals surface area contributed by atoms with E-state index in [-0.39, 0.29) is 5.91 Å². The third-order valence-corrected chi connectivity index (χ3v) is 4.54. The Morgan fingerprint density at radius 3 is 2.42 bits per heavy atom. The Balaban J connectivity index is 1.75. The summed E-state index contributed by atoms with van der Waals surface area (Å²) in [6, 6.07) is 11.9. The van der Waals surface area contributed by atoms with Crippen LogP contribution in [-0.4, -0.2) is 30.4 Å². The fourth-order valence-electron chi connectivity index (χ4n) is 3.03. The van der Waals surface area contributed by atoms with Crippen LogP contribution in [0.3, 0.4) is 0 Å². The van der Waals surface area contributed by atoms with Gasteiger partial charge < -0.3 is 14.6 Å². The van der Waals surface area contributed by atoms with Gasteiger partial charge in [-0.05, 0) is 31.0 Å². The van der Waals surface area contributed by atoms with Crippen LogP contribution < -0.4 is 5.32 Å². The molecule has 142 valence electrons. The Labute approximate surface area is 157 Å². The van der Waals surface area contributed by atoms with E-state index >= 15 is 0 Å². The Morgan fingerprint density at radius 2 is 1.69 bits per heavy atom. The smallest absolute Gasteiger partial charge is 0.257 e. The number of hydrogen-bond donors (Lipinski definition) is 1. The fourth-order valence-corrected chi connectivity index (χ4v) is 3.03. The van der Waals surface area contributed by atoms with E-state index in [9.17, 15) is 4.79 Å². The first-order chi connectivity index (χ1) is 12.8. The number of furan rings is 1. The number of carbonyl (C=O) groups is 1. The minimum Gasteiger partial charge on any atom is -0.472 e. The Hall–Kier alpha value is -2.23. The number of para-hydroxylation sites is 1. The fraction of sp³-hybridized carbons (Fsp3) is 0.500. The summed E-state index contributed by atoms with van der Waals surface area (Å²) < 4.78 is 5.08. The predicted molar refractivity (Wildman–Crippen MR) is 108 cm³/mol. The minimum absolute atomic E-state index is 0.0759. The molecule has 1 amide bonds. The Bertz CT molecular complexity index is 596. The largest absolute Gasteiger partial charge is 0.472 e. The van der Waals surface area contributed by atoms with Crippen molar-refractivity contribution in [1.29, 1.82) is 0 Å². The van der Waals surface area contributed by atoms with Gasteiger partial charge in [0.1, 0.15) is 6.26 Å². The number of carbonyl (C=O) groups excluding carboxylic acids is 1. The molecule has 0 fully saturated rings. The van der Waals surface area contributed by atoms with Crippen LogP contribution in [0.4, 0.5) is 5.69 Å². The summed E-state index contributed by atoms with van der Waals surface area (Å²) in [5.74, 6) is 0.0759. The molecule has 0 bridgehead atoms. The summed E-state index contributed by atoms with van der Waals surface area (Å²) in [6.07, 6.45) is 11.4. The SMILES string of the molecule is CCCCCCCCN(CCCNc1ccccc1)C(=O)c1ccoc1. The molecule has 0 saturated heterocycles. The van der Waals surface area contributed by atoms with Crippen molar-refractivity contribution in [2.75, 3.05) is 25.0 Å². The summed E-state index contributed by atoms with van der Waals surface area (Å²) in [4.78, 5) is 14.7. The zero-order chi connectivity index (χ0) is 18.5. The van der Waals surface area contributed by atoms with Crippen molar-refractivity contribution in [3.8, 4) is 0 Å². The third kappa shape index (κ3) is 7.34. The monoisotopic (exact) mass is 356 g/mol. The molecule has 1 aromatic heterocycles. The van der Waals surface area contributed by atoms with E-state index < -0.39 is 0 Å². The molecular weight excluding hydrogens is 324 g/mol. The highest BCUT2D eigenvalue weighted by molar-refractivity contribution is 5.93. The van der Waals surface area contributed by atoms with Crippen LogP contribution in [0.1, 0.15) is 62.2 Å². The van der Waals surface area contributed by atoms with E-state index in [0.29, 0.717) is 5.56 Å². The molecular formula is C22H32N2O2. The van der Waals surface area contributed by atoms with Crippen molar-refractivity contribution in [2.45, 2.75) is 51.9 Å². The second-order valence-electron chi connectivity index (χ2n) is 6.72. The van der Waals surface area contributed by atoms with Crippen LogP contribution in [0.5, 0.6) is 0 Å². The second-order valence-corrected chi connectivity index (χ2v) is 6.72. The number of nitrogens with one attached hydrogen (secondary N) is 1. The van der Waals surface area contributed by atoms with E-state index in [1.807, 2.05) is 23.1 Å². The van der Waals surface area contributed by atoms with Crippen molar-refractivity contribution < 1.29 is 9.21 Å². The van der Waals surface area contributed by atoms with E-state index in [0.717, 1.165) is 38.2 Å². The molecule has 0 saturated carbocycles. The van der Waals surface area contributed by atoms with Crippen LogP contribution in [0.15, 0.2) is 53.3 Å². The first-order valence-electron chi connectivity index (χ1n) is 9.91. The van der Waals surface area contributed by atoms with Crippen LogP contribution in [-0.2, 0) is 0 Å². The molecule has 0 aliphatic heterocycles. The van der Waals surface area contributed by atoms with Crippen molar-refractivity contribution in [2.24, 2.45) is 0 Å². The van der Waals surface area contributed by atoms with Crippen LogP contribution in [0.2, 0.25) is 0 Å². The molecule has 2 aromatic rings. The van der Waals surface area contributed by atoms with Crippen molar-refractivity contribution >= 4 is 11.6 Å². The Kier molecular flexibility index (Phi) is 9.41. The quantitative estimate of drug-likeness (QED) is 0.476. The average molecular weight is 357 g/mol. The highest BCUT2D eigenvalue weighted by Crippen LogP contribution is 2.11. The molecule has 0 spiro atoms. The van der Waals surface area contributed by atoms with Gasteiger partial charge in [-0.3, -0.25) is 4.79 Å². The number of rotatable bonds is 13. The topological polar surface area (TPSA) is 45.5 Å². The number of anilines is 1. The highest BCUT2D eigenvalue weighted by Gasteiger charge is 2.16. The van der Waals surface area contributed by atoms with Crippen LogP contribution in [0, 0.1) is 0 Å². The molecule has 2 rings (SSSR count). The maximum atomic E-state index is 12.7. The van der Waals surface area contributed by atoms with Gasteiger partial charge in [0.15, 0.2) is 0 Å². The summed E-state index contributed by atoms with van der Waals surface area (Å²) in [5.41, 5.74) is 1.77. The van der Waals surface area contributed by atoms with Gasteiger partial charge in [0.2, 0.25) is 0 Å². The van der Waals surface area contributed by atoms with Gasteiger partial charge in [0.05, 0.1) is 11.8 Å². The van der Waals surface area contributed by atoms with Crippen molar-refractivity contribution in [3.05, 3.63) is 54.5 Å². The molecule has 0 aliphatic rings. The minimum atomic E-state index is 0.0759. The van der Waals surface area contributed by atoms with E-state index in [1.54, 1.807) is 18.6 Å². The predicted octanol–water partition coefficient (Wildman–Crippen LogP) is 5.58. The maximum Gasteiger partial charge on any atom is 0.257 e. The normalized spacial score (nSPS) is 10.7. The lowest BCUT2D eigenvalue weighted by molar-refractivity contribution is 0.0751. The molecule has 0 radical (unpaired) electrons. The van der Waals surface area contributed by atoms with Gasteiger partial charge in [-0.1, -0.05) is 57.2 Å². The van der Waals surface area contributed by atoms with Gasteiger partial charge in [0, 0.05) is 25.3 Å². The number of amides is 1. The summed E-state index contributed by atoms with van der Waals surface area (Å²) in [6.45, 7) is 4.67. The molecule has 26 heavy (non-hydrogen) atoms. The maximum absolute atomic E-state index is 12.7. The van der Waals surface area contributed by atoms with Crippen LogP contribution in [0.25, 0.3) is 0 Å². The van der Waals surface area contributed by atoms with Gasteiger partial charge in [0.25, 0.3) is 5.91 Å². The molecule has 1 aromatic carbocycles. The van der Waals surface area contributed by atoms with Gasteiger partial charge in [-0.25, -0.2) is 0 Å². The number of nitrogens with zero attached hydrogens (tertiary/aromatic N) is 1. The lowest BCUT2D eigenvalue weighted by atomic mass is 10.1. The highest BCUT2D eigenvalue weighted by atomic mass is 16.3. The standard InChI is InChI=1S/C22H32N2O2/c1-2-3-4-5-6-10-16-24(22(25)20-14-18-26-19-20)17-11-15-23-21-12-8-7-9-13-21/h7-9,12-14,18-19,23H,2-6,10-11,15-17H2,1H3. The lowest BCUT2D eigenvalue weighted by Crippen LogP contribution is -2.33. The molecule has 0 aliphatic carbocycles.